The fourth-order valence-corrected chi connectivity index (χ4v) is 0.801. The van der Waals surface area contributed by atoms with Crippen molar-refractivity contribution in [1.29, 1.82) is 0 Å². The van der Waals surface area contributed by atoms with Gasteiger partial charge in [0.1, 0.15) is 0 Å². The van der Waals surface area contributed by atoms with Crippen LogP contribution in [0.2, 0.25) is 0 Å². The molecule has 0 saturated carbocycles. The van der Waals surface area contributed by atoms with Crippen molar-refractivity contribution in [1.82, 2.24) is 0 Å². The van der Waals surface area contributed by atoms with Crippen molar-refractivity contribution < 1.29 is 45.4 Å². The number of carbonyl (C=O) groups excluding carboxylic acids is 2. The number of hydrogen-bond donors (Lipinski definition) is 0. The van der Waals surface area contributed by atoms with Gasteiger partial charge in [0.05, 0.1) is 6.61 Å². The molecule has 0 N–H and O–H groups in total. The van der Waals surface area contributed by atoms with Crippen molar-refractivity contribution in [3.05, 3.63) is 12.2 Å². The number of esters is 2. The van der Waals surface area contributed by atoms with E-state index >= 15 is 0 Å². The summed E-state index contributed by atoms with van der Waals surface area (Å²) in [5.41, 5.74) is 0. The molecular weight excluding hydrogens is 286 g/mol. The van der Waals surface area contributed by atoms with Crippen molar-refractivity contribution in [2.75, 3.05) is 6.61 Å². The highest BCUT2D eigenvalue weighted by molar-refractivity contribution is 5.91. The lowest BCUT2D eigenvalue weighted by atomic mass is 10.3. The molecule has 4 nitrogen and oxygen atoms in total. The smallest absolute Gasteiger partial charge is 0.434 e. The molecule has 0 aromatic heterocycles. The van der Waals surface area contributed by atoms with Crippen LogP contribution in [0.4, 0.5) is 26.3 Å². The largest absolute Gasteiger partial charge is 0.463 e. The summed E-state index contributed by atoms with van der Waals surface area (Å²) in [6.07, 6.45) is -15.4. The van der Waals surface area contributed by atoms with Crippen LogP contribution < -0.4 is 0 Å². The van der Waals surface area contributed by atoms with Crippen molar-refractivity contribution in [2.45, 2.75) is 25.4 Å². The highest BCUT2D eigenvalue weighted by atomic mass is 19.4. The Morgan fingerprint density at radius 2 is 1.42 bits per heavy atom. The van der Waals surface area contributed by atoms with Crippen LogP contribution in [-0.4, -0.2) is 37.0 Å². The summed E-state index contributed by atoms with van der Waals surface area (Å²) in [6.45, 7) is 1.33. The van der Waals surface area contributed by atoms with Crippen LogP contribution in [0.5, 0.6) is 0 Å². The summed E-state index contributed by atoms with van der Waals surface area (Å²) >= 11 is 0. The highest BCUT2D eigenvalue weighted by Crippen LogP contribution is 2.35. The Hall–Kier alpha value is -1.74. The average molecular weight is 294 g/mol. The number of hydrogen-bond acceptors (Lipinski definition) is 4. The van der Waals surface area contributed by atoms with E-state index in [1.807, 2.05) is 0 Å². The molecule has 110 valence electrons. The summed E-state index contributed by atoms with van der Waals surface area (Å²) in [6, 6.07) is 0. The first kappa shape index (κ1) is 17.3. The van der Waals surface area contributed by atoms with Crippen molar-refractivity contribution >= 4 is 11.9 Å². The maximum atomic E-state index is 12.0. The summed E-state index contributed by atoms with van der Waals surface area (Å²) in [4.78, 5) is 21.4. The Morgan fingerprint density at radius 3 is 1.79 bits per heavy atom. The predicted molar refractivity (Wildman–Crippen MR) is 47.8 cm³/mol. The Balaban J connectivity index is 4.72. The molecule has 0 heterocycles. The minimum atomic E-state index is -5.80. The minimum Gasteiger partial charge on any atom is -0.463 e. The van der Waals surface area contributed by atoms with Crippen LogP contribution in [0.1, 0.15) is 6.92 Å². The molecule has 0 aliphatic heterocycles. The van der Waals surface area contributed by atoms with Gasteiger partial charge < -0.3 is 9.47 Å². The highest BCUT2D eigenvalue weighted by Gasteiger charge is 2.59. The molecule has 0 rings (SSSR count). The Kier molecular flexibility index (Phi) is 5.84. The monoisotopic (exact) mass is 294 g/mol. The maximum absolute atomic E-state index is 12.0. The Bertz CT molecular complexity index is 343. The van der Waals surface area contributed by atoms with E-state index in [1.165, 1.54) is 6.92 Å². The lowest BCUT2D eigenvalue weighted by molar-refractivity contribution is -0.312. The standard InChI is InChI=1S/C9H8F6O4/c1-2-18-5(16)3-4-6(17)19-7(8(10,11)12)9(13,14)15/h3-4,7H,2H2,1H3/b4-3+. The molecule has 0 saturated heterocycles. The SMILES string of the molecule is CCOC(=O)/C=C/C(=O)OC(C(F)(F)F)C(F)(F)F. The number of alkyl halides is 6. The van der Waals surface area contributed by atoms with Crippen molar-refractivity contribution in [3.63, 3.8) is 0 Å². The van der Waals surface area contributed by atoms with Crippen LogP contribution >= 0.6 is 0 Å². The molecule has 0 aromatic carbocycles. The second-order valence-electron chi connectivity index (χ2n) is 2.99. The zero-order valence-corrected chi connectivity index (χ0v) is 9.34. The van der Waals surface area contributed by atoms with Gasteiger partial charge in [0.25, 0.3) is 6.10 Å². The van der Waals surface area contributed by atoms with Crippen LogP contribution in [0, 0.1) is 0 Å². The zero-order valence-electron chi connectivity index (χ0n) is 9.34. The first-order valence-corrected chi connectivity index (χ1v) is 4.67. The zero-order chi connectivity index (χ0) is 15.3. The molecule has 0 aliphatic rings. The van der Waals surface area contributed by atoms with Gasteiger partial charge in [-0.3, -0.25) is 0 Å². The number of rotatable bonds is 4. The van der Waals surface area contributed by atoms with E-state index in [1.54, 1.807) is 0 Å². The van der Waals surface area contributed by atoms with E-state index in [9.17, 15) is 35.9 Å². The second-order valence-corrected chi connectivity index (χ2v) is 2.99. The Morgan fingerprint density at radius 1 is 1.00 bits per heavy atom. The van der Waals surface area contributed by atoms with Gasteiger partial charge in [-0.1, -0.05) is 0 Å². The number of ether oxygens (including phenoxy) is 2. The third kappa shape index (κ3) is 6.67. The lowest BCUT2D eigenvalue weighted by Gasteiger charge is -2.22. The van der Waals surface area contributed by atoms with Crippen LogP contribution in [0.25, 0.3) is 0 Å². The Labute approximate surface area is 103 Å². The fraction of sp³-hybridized carbons (Fsp3) is 0.556. The first-order valence-electron chi connectivity index (χ1n) is 4.67. The fourth-order valence-electron chi connectivity index (χ4n) is 0.801. The molecule has 0 aromatic rings. The topological polar surface area (TPSA) is 52.6 Å². The maximum Gasteiger partial charge on any atom is 0.434 e. The van der Waals surface area contributed by atoms with Crippen LogP contribution in [0.15, 0.2) is 12.2 Å². The summed E-state index contributed by atoms with van der Waals surface area (Å²) in [7, 11) is 0. The molecule has 0 spiro atoms. The molecule has 19 heavy (non-hydrogen) atoms. The van der Waals surface area contributed by atoms with Gasteiger partial charge in [0.2, 0.25) is 0 Å². The van der Waals surface area contributed by atoms with E-state index < -0.39 is 30.4 Å². The predicted octanol–water partition coefficient (Wildman–Crippen LogP) is 2.14. The molecule has 0 unspecified atom stereocenters. The molecule has 10 heteroatoms. The minimum absolute atomic E-state index is 0.0774. The molecule has 0 atom stereocenters. The van der Waals surface area contributed by atoms with Gasteiger partial charge in [-0.05, 0) is 6.92 Å². The van der Waals surface area contributed by atoms with E-state index in [4.69, 9.17) is 0 Å². The van der Waals surface area contributed by atoms with Crippen LogP contribution in [-0.2, 0) is 19.1 Å². The average Bonchev–Trinajstić information content (AvgIpc) is 2.20. The quantitative estimate of drug-likeness (QED) is 0.453. The number of halogens is 6. The molecule has 0 radical (unpaired) electrons. The normalized spacial score (nSPS) is 12.8. The molecular formula is C9H8F6O4. The van der Waals surface area contributed by atoms with Gasteiger partial charge in [-0.2, -0.15) is 26.3 Å². The van der Waals surface area contributed by atoms with Crippen LogP contribution in [0.3, 0.4) is 0 Å². The lowest BCUT2D eigenvalue weighted by Crippen LogP contribution is -2.45. The van der Waals surface area contributed by atoms with Gasteiger partial charge >= 0.3 is 24.3 Å². The van der Waals surface area contributed by atoms with E-state index in [0.29, 0.717) is 6.08 Å². The second kappa shape index (κ2) is 6.43. The number of carbonyl (C=O) groups is 2. The summed E-state index contributed by atoms with van der Waals surface area (Å²) in [5.74, 6) is -3.07. The summed E-state index contributed by atoms with van der Waals surface area (Å²) in [5, 5.41) is 0. The third-order valence-electron chi connectivity index (χ3n) is 1.47. The van der Waals surface area contributed by atoms with E-state index in [2.05, 4.69) is 9.47 Å². The van der Waals surface area contributed by atoms with Crippen molar-refractivity contribution in [3.8, 4) is 0 Å². The molecule has 0 fully saturated rings. The van der Waals surface area contributed by atoms with Gasteiger partial charge in [-0.15, -0.1) is 0 Å². The summed E-state index contributed by atoms with van der Waals surface area (Å²) < 4.78 is 79.4. The molecule has 0 bridgehead atoms. The van der Waals surface area contributed by atoms with E-state index in [-0.39, 0.29) is 12.7 Å². The van der Waals surface area contributed by atoms with Gasteiger partial charge in [0, 0.05) is 12.2 Å². The van der Waals surface area contributed by atoms with Gasteiger partial charge in [-0.25, -0.2) is 9.59 Å². The van der Waals surface area contributed by atoms with E-state index in [0.717, 1.165) is 0 Å². The molecule has 0 aliphatic carbocycles. The van der Waals surface area contributed by atoms with Crippen molar-refractivity contribution in [2.24, 2.45) is 0 Å². The van der Waals surface area contributed by atoms with Gasteiger partial charge in [0.15, 0.2) is 0 Å². The third-order valence-corrected chi connectivity index (χ3v) is 1.47. The molecule has 0 amide bonds. The first-order chi connectivity index (χ1) is 8.48.